The molecule has 10 nitrogen and oxygen atoms in total. The number of nitrogens with zero attached hydrogens (tertiary/aromatic N) is 7. The predicted octanol–water partition coefficient (Wildman–Crippen LogP) is 2.83. The number of anilines is 1. The fourth-order valence-electron chi connectivity index (χ4n) is 5.04. The number of aryl methyl sites for hydroxylation is 2. The highest BCUT2D eigenvalue weighted by Gasteiger charge is 2.37. The molecule has 1 N–H and O–H groups in total. The Morgan fingerprint density at radius 1 is 1.21 bits per heavy atom. The number of rotatable bonds is 5. The molecule has 2 aliphatic heterocycles. The van der Waals surface area contributed by atoms with E-state index in [1.165, 1.54) is 0 Å². The molecule has 0 aliphatic carbocycles. The van der Waals surface area contributed by atoms with E-state index in [0.717, 1.165) is 54.2 Å². The van der Waals surface area contributed by atoms with E-state index < -0.39 is 0 Å². The minimum atomic E-state index is -0.235. The number of nitrogens with one attached hydrogen (secondary N) is 1. The number of likely N-dealkylation sites (tertiary alicyclic amines) is 1. The molecule has 3 aromatic heterocycles. The molecule has 5 heterocycles. The third-order valence-electron chi connectivity index (χ3n) is 6.77. The first-order valence-corrected chi connectivity index (χ1v) is 12.0. The van der Waals surface area contributed by atoms with E-state index in [1.54, 1.807) is 18.7 Å². The van der Waals surface area contributed by atoms with Crippen molar-refractivity contribution in [1.82, 2.24) is 34.4 Å². The Bertz CT molecular complexity index is 1190. The zero-order valence-electron chi connectivity index (χ0n) is 20.3. The lowest BCUT2D eigenvalue weighted by atomic mass is 9.87. The van der Waals surface area contributed by atoms with Gasteiger partial charge in [0, 0.05) is 50.6 Å². The smallest absolute Gasteiger partial charge is 0.225 e. The van der Waals surface area contributed by atoms with Crippen LogP contribution < -0.4 is 5.32 Å². The number of ether oxygens (including phenoxy) is 1. The summed E-state index contributed by atoms with van der Waals surface area (Å²) >= 11 is 0. The van der Waals surface area contributed by atoms with Crippen LogP contribution in [0.25, 0.3) is 22.6 Å². The number of hydrogen-bond donors (Lipinski definition) is 1. The molecule has 2 aliphatic rings. The first-order chi connectivity index (χ1) is 16.3. The number of carbonyl (C=O) groups excluding carboxylic acids is 1. The lowest BCUT2D eigenvalue weighted by Gasteiger charge is -2.36. The SMILES string of the molecule is CCn1c(-c2cnc(C)nc2)nc2c(N[C@H]3CCN(C(=O)C4CCOC(C)(C)C4)C3)ncnc21. The number of amides is 1. The van der Waals surface area contributed by atoms with Crippen molar-refractivity contribution in [2.24, 2.45) is 5.92 Å². The third kappa shape index (κ3) is 4.34. The van der Waals surface area contributed by atoms with Crippen LogP contribution in [-0.4, -0.2) is 71.6 Å². The lowest BCUT2D eigenvalue weighted by molar-refractivity contribution is -0.144. The van der Waals surface area contributed by atoms with Gasteiger partial charge in [0.25, 0.3) is 0 Å². The number of imidazole rings is 1. The van der Waals surface area contributed by atoms with Gasteiger partial charge in [-0.15, -0.1) is 0 Å². The molecular weight excluding hydrogens is 432 g/mol. The molecule has 180 valence electrons. The van der Waals surface area contributed by atoms with Gasteiger partial charge in [-0.2, -0.15) is 0 Å². The minimum Gasteiger partial charge on any atom is -0.376 e. The summed E-state index contributed by atoms with van der Waals surface area (Å²) in [4.78, 5) is 37.6. The maximum absolute atomic E-state index is 13.2. The highest BCUT2D eigenvalue weighted by atomic mass is 16.5. The molecule has 0 saturated carbocycles. The van der Waals surface area contributed by atoms with E-state index in [4.69, 9.17) is 9.72 Å². The van der Waals surface area contributed by atoms with E-state index >= 15 is 0 Å². The Labute approximate surface area is 199 Å². The summed E-state index contributed by atoms with van der Waals surface area (Å²) in [6.07, 6.45) is 7.58. The van der Waals surface area contributed by atoms with Gasteiger partial charge >= 0.3 is 0 Å². The summed E-state index contributed by atoms with van der Waals surface area (Å²) in [5.41, 5.74) is 2.09. The van der Waals surface area contributed by atoms with Crippen LogP contribution in [0.3, 0.4) is 0 Å². The van der Waals surface area contributed by atoms with Crippen molar-refractivity contribution in [3.63, 3.8) is 0 Å². The fraction of sp³-hybridized carbons (Fsp3) is 0.583. The summed E-state index contributed by atoms with van der Waals surface area (Å²) in [6.45, 7) is 10.8. The molecule has 5 rings (SSSR count). The Kier molecular flexibility index (Phi) is 5.93. The highest BCUT2D eigenvalue weighted by molar-refractivity contribution is 5.86. The van der Waals surface area contributed by atoms with Crippen LogP contribution >= 0.6 is 0 Å². The monoisotopic (exact) mass is 464 g/mol. The Balaban J connectivity index is 1.34. The highest BCUT2D eigenvalue weighted by Crippen LogP contribution is 2.31. The second-order valence-electron chi connectivity index (χ2n) is 9.81. The summed E-state index contributed by atoms with van der Waals surface area (Å²) in [7, 11) is 0. The maximum atomic E-state index is 13.2. The van der Waals surface area contributed by atoms with E-state index in [9.17, 15) is 4.79 Å². The van der Waals surface area contributed by atoms with Gasteiger partial charge in [0.1, 0.15) is 18.0 Å². The van der Waals surface area contributed by atoms with Crippen LogP contribution in [0.1, 0.15) is 45.9 Å². The van der Waals surface area contributed by atoms with E-state index in [0.29, 0.717) is 25.5 Å². The summed E-state index contributed by atoms with van der Waals surface area (Å²) in [6, 6.07) is 0.118. The van der Waals surface area contributed by atoms with Crippen LogP contribution in [0.5, 0.6) is 0 Å². The quantitative estimate of drug-likeness (QED) is 0.614. The molecule has 1 unspecified atom stereocenters. The van der Waals surface area contributed by atoms with Gasteiger partial charge in [0.15, 0.2) is 17.0 Å². The van der Waals surface area contributed by atoms with Crippen LogP contribution in [0.2, 0.25) is 0 Å². The molecular formula is C24H32N8O2. The van der Waals surface area contributed by atoms with E-state index in [1.807, 2.05) is 16.4 Å². The summed E-state index contributed by atoms with van der Waals surface area (Å²) < 4.78 is 7.84. The van der Waals surface area contributed by atoms with E-state index in [2.05, 4.69) is 46.0 Å². The van der Waals surface area contributed by atoms with Crippen molar-refractivity contribution in [2.75, 3.05) is 25.0 Å². The molecule has 2 atom stereocenters. The van der Waals surface area contributed by atoms with Gasteiger partial charge in [0.05, 0.1) is 11.2 Å². The zero-order valence-corrected chi connectivity index (χ0v) is 20.3. The second-order valence-corrected chi connectivity index (χ2v) is 9.81. The number of carbonyl (C=O) groups is 1. The first kappa shape index (κ1) is 22.6. The van der Waals surface area contributed by atoms with Gasteiger partial charge in [0.2, 0.25) is 5.91 Å². The summed E-state index contributed by atoms with van der Waals surface area (Å²) in [5.74, 6) is 2.46. The summed E-state index contributed by atoms with van der Waals surface area (Å²) in [5, 5.41) is 3.54. The average molecular weight is 465 g/mol. The van der Waals surface area contributed by atoms with Crippen molar-refractivity contribution in [2.45, 2.75) is 65.1 Å². The standard InChI is InChI=1S/C24H32N8O2/c1-5-32-21(17-11-25-15(2)26-12-17)30-19-20(27-14-28-22(19)32)29-18-6-8-31(13-18)23(33)16-7-9-34-24(3,4)10-16/h11-12,14,16,18H,5-10,13H2,1-4H3,(H,27,28,29)/t16?,18-/m0/s1. The lowest BCUT2D eigenvalue weighted by Crippen LogP contribution is -2.43. The molecule has 0 radical (unpaired) electrons. The van der Waals surface area contributed by atoms with Crippen LogP contribution in [-0.2, 0) is 16.1 Å². The molecule has 10 heteroatoms. The Hall–Kier alpha value is -3.14. The maximum Gasteiger partial charge on any atom is 0.225 e. The number of fused-ring (bicyclic) bond motifs is 1. The van der Waals surface area contributed by atoms with Crippen LogP contribution in [0.4, 0.5) is 5.82 Å². The van der Waals surface area contributed by atoms with Gasteiger partial charge in [-0.05, 0) is 47.0 Å². The van der Waals surface area contributed by atoms with Crippen molar-refractivity contribution in [1.29, 1.82) is 0 Å². The Morgan fingerprint density at radius 2 is 2.00 bits per heavy atom. The largest absolute Gasteiger partial charge is 0.376 e. The molecule has 1 amide bonds. The minimum absolute atomic E-state index is 0.0350. The van der Waals surface area contributed by atoms with Crippen LogP contribution in [0, 0.1) is 12.8 Å². The van der Waals surface area contributed by atoms with Crippen molar-refractivity contribution in [3.8, 4) is 11.4 Å². The topological polar surface area (TPSA) is 111 Å². The van der Waals surface area contributed by atoms with Crippen molar-refractivity contribution < 1.29 is 9.53 Å². The normalized spacial score (nSPS) is 22.3. The first-order valence-electron chi connectivity index (χ1n) is 12.0. The predicted molar refractivity (Wildman–Crippen MR) is 128 cm³/mol. The van der Waals surface area contributed by atoms with Crippen LogP contribution in [0.15, 0.2) is 18.7 Å². The molecule has 0 bridgehead atoms. The molecule has 2 fully saturated rings. The van der Waals surface area contributed by atoms with Crippen molar-refractivity contribution >= 4 is 22.9 Å². The second kappa shape index (κ2) is 8.90. The van der Waals surface area contributed by atoms with Gasteiger partial charge in [-0.3, -0.25) is 4.79 Å². The Morgan fingerprint density at radius 3 is 2.74 bits per heavy atom. The van der Waals surface area contributed by atoms with Gasteiger partial charge in [-0.25, -0.2) is 24.9 Å². The molecule has 0 spiro atoms. The molecule has 0 aromatic carbocycles. The fourth-order valence-corrected chi connectivity index (χ4v) is 5.04. The average Bonchev–Trinajstić information content (AvgIpc) is 3.43. The molecule has 34 heavy (non-hydrogen) atoms. The zero-order chi connectivity index (χ0) is 23.9. The van der Waals surface area contributed by atoms with E-state index in [-0.39, 0.29) is 23.5 Å². The molecule has 3 aromatic rings. The third-order valence-corrected chi connectivity index (χ3v) is 6.77. The number of hydrogen-bond acceptors (Lipinski definition) is 8. The number of aromatic nitrogens is 6. The van der Waals surface area contributed by atoms with Crippen molar-refractivity contribution in [3.05, 3.63) is 24.5 Å². The van der Waals surface area contributed by atoms with Gasteiger partial charge in [-0.1, -0.05) is 0 Å². The van der Waals surface area contributed by atoms with Gasteiger partial charge < -0.3 is 19.5 Å². The molecule has 2 saturated heterocycles.